The first-order valence-corrected chi connectivity index (χ1v) is 9.53. The lowest BCUT2D eigenvalue weighted by atomic mass is 10.1. The molecule has 3 heterocycles. The number of carbonyl (C=O) groups excluding carboxylic acids is 1. The molecule has 8 heteroatoms. The Bertz CT molecular complexity index is 1010. The van der Waals surface area contributed by atoms with Crippen molar-refractivity contribution in [1.82, 2.24) is 25.4 Å². The Morgan fingerprint density at radius 3 is 3.04 bits per heavy atom. The van der Waals surface area contributed by atoms with E-state index >= 15 is 0 Å². The molecule has 4 rings (SSSR count). The highest BCUT2D eigenvalue weighted by molar-refractivity contribution is 7.13. The number of carbonyl (C=O) groups is 1. The maximum atomic E-state index is 12.4. The van der Waals surface area contributed by atoms with Crippen LogP contribution in [0.15, 0.2) is 35.7 Å². The Hall–Kier alpha value is -3.02. The molecule has 2 N–H and O–H groups in total. The van der Waals surface area contributed by atoms with Gasteiger partial charge in [0.1, 0.15) is 5.01 Å². The minimum absolute atomic E-state index is 0.197. The van der Waals surface area contributed by atoms with E-state index in [0.29, 0.717) is 23.8 Å². The smallest absolute Gasteiger partial charge is 0.272 e. The van der Waals surface area contributed by atoms with E-state index in [-0.39, 0.29) is 5.91 Å². The fraction of sp³-hybridized carbons (Fsp3) is 0.263. The molecule has 1 atom stereocenters. The van der Waals surface area contributed by atoms with Crippen molar-refractivity contribution in [1.29, 1.82) is 5.26 Å². The van der Waals surface area contributed by atoms with Gasteiger partial charge in [-0.3, -0.25) is 9.48 Å². The molecular weight excluding hydrogens is 360 g/mol. The normalized spacial score (nSPS) is 15.8. The number of rotatable bonds is 4. The summed E-state index contributed by atoms with van der Waals surface area (Å²) < 4.78 is 1.89. The maximum Gasteiger partial charge on any atom is 0.272 e. The summed E-state index contributed by atoms with van der Waals surface area (Å²) >= 11 is 1.51. The van der Waals surface area contributed by atoms with Crippen LogP contribution in [0.4, 0.5) is 0 Å². The Kier molecular flexibility index (Phi) is 4.71. The third-order valence-electron chi connectivity index (χ3n) is 4.42. The van der Waals surface area contributed by atoms with Crippen molar-refractivity contribution in [3.8, 4) is 16.6 Å². The number of aromatic nitrogens is 3. The molecule has 0 spiro atoms. The molecule has 0 saturated carbocycles. The van der Waals surface area contributed by atoms with Crippen molar-refractivity contribution in [2.75, 3.05) is 0 Å². The monoisotopic (exact) mass is 378 g/mol. The van der Waals surface area contributed by atoms with E-state index in [1.54, 1.807) is 12.1 Å². The van der Waals surface area contributed by atoms with Crippen LogP contribution in [0.25, 0.3) is 10.6 Å². The SMILES string of the molecule is CC1Cn2nc(C(=O)NCc3csc(-c4ccc(C#N)cc4)n3)cc2CN1. The van der Waals surface area contributed by atoms with Crippen LogP contribution in [0.2, 0.25) is 0 Å². The van der Waals surface area contributed by atoms with Gasteiger partial charge in [-0.25, -0.2) is 4.98 Å². The number of benzene rings is 1. The lowest BCUT2D eigenvalue weighted by Crippen LogP contribution is -2.36. The predicted octanol–water partition coefficient (Wildman–Crippen LogP) is 2.30. The summed E-state index contributed by atoms with van der Waals surface area (Å²) in [4.78, 5) is 17.0. The first-order valence-electron chi connectivity index (χ1n) is 8.65. The minimum Gasteiger partial charge on any atom is -0.345 e. The van der Waals surface area contributed by atoms with Crippen molar-refractivity contribution >= 4 is 17.2 Å². The summed E-state index contributed by atoms with van der Waals surface area (Å²) in [7, 11) is 0. The van der Waals surface area contributed by atoms with E-state index in [2.05, 4.69) is 33.7 Å². The summed E-state index contributed by atoms with van der Waals surface area (Å²) in [6.45, 7) is 3.94. The van der Waals surface area contributed by atoms with Crippen LogP contribution in [-0.4, -0.2) is 26.7 Å². The van der Waals surface area contributed by atoms with Gasteiger partial charge in [0.15, 0.2) is 5.69 Å². The fourth-order valence-corrected chi connectivity index (χ4v) is 3.76. The van der Waals surface area contributed by atoms with E-state index in [9.17, 15) is 4.79 Å². The van der Waals surface area contributed by atoms with Crippen molar-refractivity contribution in [2.24, 2.45) is 0 Å². The minimum atomic E-state index is -0.197. The number of hydrogen-bond acceptors (Lipinski definition) is 6. The lowest BCUT2D eigenvalue weighted by Gasteiger charge is -2.21. The Morgan fingerprint density at radius 1 is 1.44 bits per heavy atom. The molecular formula is C19H18N6OS. The van der Waals surface area contributed by atoms with E-state index in [0.717, 1.165) is 35.0 Å². The zero-order valence-electron chi connectivity index (χ0n) is 14.8. The summed E-state index contributed by atoms with van der Waals surface area (Å²) in [5.41, 5.74) is 3.83. The van der Waals surface area contributed by atoms with Crippen molar-refractivity contribution in [3.05, 3.63) is 58.4 Å². The topological polar surface area (TPSA) is 95.6 Å². The fourth-order valence-electron chi connectivity index (χ4n) is 2.94. The molecule has 3 aromatic rings. The molecule has 1 aliphatic rings. The Morgan fingerprint density at radius 2 is 2.26 bits per heavy atom. The van der Waals surface area contributed by atoms with Crippen LogP contribution in [0.5, 0.6) is 0 Å². The van der Waals surface area contributed by atoms with Crippen LogP contribution in [0.1, 0.15) is 34.4 Å². The van der Waals surface area contributed by atoms with E-state index in [1.807, 2.05) is 28.3 Å². The van der Waals surface area contributed by atoms with E-state index in [1.165, 1.54) is 11.3 Å². The number of amides is 1. The molecule has 1 unspecified atom stereocenters. The highest BCUT2D eigenvalue weighted by atomic mass is 32.1. The third kappa shape index (κ3) is 3.74. The van der Waals surface area contributed by atoms with Crippen molar-refractivity contribution in [2.45, 2.75) is 32.6 Å². The quantitative estimate of drug-likeness (QED) is 0.726. The van der Waals surface area contributed by atoms with Gasteiger partial charge in [-0.2, -0.15) is 10.4 Å². The van der Waals surface area contributed by atoms with Gasteiger partial charge in [0.25, 0.3) is 5.91 Å². The third-order valence-corrected chi connectivity index (χ3v) is 5.36. The van der Waals surface area contributed by atoms with Crippen LogP contribution >= 0.6 is 11.3 Å². The first-order chi connectivity index (χ1) is 13.1. The molecule has 7 nitrogen and oxygen atoms in total. The van der Waals surface area contributed by atoms with Gasteiger partial charge in [-0.15, -0.1) is 11.3 Å². The largest absolute Gasteiger partial charge is 0.345 e. The van der Waals surface area contributed by atoms with Gasteiger partial charge < -0.3 is 10.6 Å². The molecule has 0 radical (unpaired) electrons. The first kappa shape index (κ1) is 17.4. The molecule has 0 bridgehead atoms. The van der Waals surface area contributed by atoms with E-state index in [4.69, 9.17) is 5.26 Å². The van der Waals surface area contributed by atoms with E-state index < -0.39 is 0 Å². The molecule has 1 aromatic carbocycles. The number of nitrogens with zero attached hydrogens (tertiary/aromatic N) is 4. The zero-order chi connectivity index (χ0) is 18.8. The zero-order valence-corrected chi connectivity index (χ0v) is 15.6. The molecule has 0 aliphatic carbocycles. The second-order valence-corrected chi connectivity index (χ2v) is 7.36. The summed E-state index contributed by atoms with van der Waals surface area (Å²) in [6.07, 6.45) is 0. The lowest BCUT2D eigenvalue weighted by molar-refractivity contribution is 0.0944. The highest BCUT2D eigenvalue weighted by Crippen LogP contribution is 2.24. The van der Waals surface area contributed by atoms with Gasteiger partial charge in [-0.1, -0.05) is 12.1 Å². The highest BCUT2D eigenvalue weighted by Gasteiger charge is 2.19. The standard InChI is InChI=1S/C19H18N6OS/c1-12-10-25-16(9-21-12)6-17(24-25)18(26)22-8-15-11-27-19(23-15)14-4-2-13(7-20)3-5-14/h2-6,11-12,21H,8-10H2,1H3,(H,22,26). The van der Waals surface area contributed by atoms with Gasteiger partial charge in [0, 0.05) is 23.5 Å². The summed E-state index contributed by atoms with van der Waals surface area (Å²) in [5, 5.41) is 22.3. The van der Waals surface area contributed by atoms with Crippen LogP contribution in [0.3, 0.4) is 0 Å². The van der Waals surface area contributed by atoms with Gasteiger partial charge >= 0.3 is 0 Å². The van der Waals surface area contributed by atoms with Crippen molar-refractivity contribution in [3.63, 3.8) is 0 Å². The molecule has 0 fully saturated rings. The van der Waals surface area contributed by atoms with Gasteiger partial charge in [-0.05, 0) is 25.1 Å². The van der Waals surface area contributed by atoms with Crippen molar-refractivity contribution < 1.29 is 4.79 Å². The molecule has 1 amide bonds. The number of hydrogen-bond donors (Lipinski definition) is 2. The number of nitrogens with one attached hydrogen (secondary N) is 2. The molecule has 136 valence electrons. The maximum absolute atomic E-state index is 12.4. The Balaban J connectivity index is 1.40. The van der Waals surface area contributed by atoms with Gasteiger partial charge in [0.05, 0.1) is 36.1 Å². The molecule has 1 aliphatic heterocycles. The average Bonchev–Trinajstić information content (AvgIpc) is 3.33. The van der Waals surface area contributed by atoms with Crippen LogP contribution in [-0.2, 0) is 19.6 Å². The second kappa shape index (κ2) is 7.31. The molecule has 27 heavy (non-hydrogen) atoms. The van der Waals surface area contributed by atoms with Gasteiger partial charge in [0.2, 0.25) is 0 Å². The molecule has 0 saturated heterocycles. The molecule has 2 aromatic heterocycles. The van der Waals surface area contributed by atoms with Crippen LogP contribution in [0, 0.1) is 11.3 Å². The number of nitriles is 1. The van der Waals surface area contributed by atoms with Crippen LogP contribution < -0.4 is 10.6 Å². The second-order valence-electron chi connectivity index (χ2n) is 6.50. The number of fused-ring (bicyclic) bond motifs is 1. The number of thiazole rings is 1. The predicted molar refractivity (Wildman–Crippen MR) is 102 cm³/mol. The summed E-state index contributed by atoms with van der Waals surface area (Å²) in [5.74, 6) is -0.197. The Labute approximate surface area is 160 Å². The average molecular weight is 378 g/mol. The summed E-state index contributed by atoms with van der Waals surface area (Å²) in [6, 6.07) is 11.6.